The van der Waals surface area contributed by atoms with Crippen molar-refractivity contribution >= 4 is 5.91 Å². The van der Waals surface area contributed by atoms with Gasteiger partial charge in [-0.2, -0.15) is 4.98 Å². The molecular weight excluding hydrogens is 256 g/mol. The van der Waals surface area contributed by atoms with E-state index in [1.54, 1.807) is 6.92 Å². The molecule has 1 aromatic rings. The van der Waals surface area contributed by atoms with Gasteiger partial charge in [-0.25, -0.2) is 0 Å². The third-order valence-electron chi connectivity index (χ3n) is 4.85. The fourth-order valence-corrected chi connectivity index (χ4v) is 3.67. The molecule has 1 aromatic heterocycles. The van der Waals surface area contributed by atoms with E-state index in [1.165, 1.54) is 0 Å². The largest absolute Gasteiger partial charge is 0.343 e. The summed E-state index contributed by atoms with van der Waals surface area (Å²) in [6.45, 7) is 6.29. The van der Waals surface area contributed by atoms with Crippen LogP contribution in [0, 0.1) is 12.3 Å². The first-order chi connectivity index (χ1) is 9.49. The summed E-state index contributed by atoms with van der Waals surface area (Å²) in [6, 6.07) is 0.247. The summed E-state index contributed by atoms with van der Waals surface area (Å²) in [4.78, 5) is 20.1. The number of aromatic nitrogens is 2. The molecule has 1 unspecified atom stereocenters. The molecule has 2 aliphatic rings. The number of hydrogen-bond donors (Lipinski definition) is 0. The van der Waals surface area contributed by atoms with Gasteiger partial charge in [-0.05, 0) is 31.7 Å². The molecule has 2 fully saturated rings. The van der Waals surface area contributed by atoms with E-state index in [2.05, 4.69) is 22.1 Å². The highest BCUT2D eigenvalue weighted by molar-refractivity contribution is 5.73. The third-order valence-corrected chi connectivity index (χ3v) is 4.85. The van der Waals surface area contributed by atoms with Crippen LogP contribution in [0.25, 0.3) is 0 Å². The van der Waals surface area contributed by atoms with Crippen molar-refractivity contribution in [2.24, 2.45) is 5.41 Å². The summed E-state index contributed by atoms with van der Waals surface area (Å²) in [5.41, 5.74) is 0.305. The predicted molar refractivity (Wildman–Crippen MR) is 72.9 cm³/mol. The first-order valence-electron chi connectivity index (χ1n) is 7.25. The van der Waals surface area contributed by atoms with Gasteiger partial charge in [0.25, 0.3) is 0 Å². The van der Waals surface area contributed by atoms with Crippen LogP contribution in [0.4, 0.5) is 0 Å². The Morgan fingerprint density at radius 1 is 1.40 bits per heavy atom. The fourth-order valence-electron chi connectivity index (χ4n) is 3.67. The van der Waals surface area contributed by atoms with Crippen LogP contribution in [0.1, 0.15) is 43.9 Å². The van der Waals surface area contributed by atoms with E-state index in [0.29, 0.717) is 11.3 Å². The molecule has 110 valence electrons. The van der Waals surface area contributed by atoms with Gasteiger partial charge in [-0.15, -0.1) is 0 Å². The SMILES string of the molecule is CC(=O)N1CCC2(CC1)CC(c1noc(C)n1)N(C)C2. The van der Waals surface area contributed by atoms with Crippen molar-refractivity contribution in [3.63, 3.8) is 0 Å². The Bertz CT molecular complexity index is 505. The molecule has 1 amide bonds. The normalized spacial score (nSPS) is 26.4. The Morgan fingerprint density at radius 2 is 2.10 bits per heavy atom. The second-order valence-corrected chi connectivity index (χ2v) is 6.31. The van der Waals surface area contributed by atoms with Gasteiger partial charge in [0.15, 0.2) is 5.82 Å². The van der Waals surface area contributed by atoms with Crippen molar-refractivity contribution in [1.29, 1.82) is 0 Å². The summed E-state index contributed by atoms with van der Waals surface area (Å²) < 4.78 is 5.11. The Balaban J connectivity index is 1.71. The molecule has 0 saturated carbocycles. The molecule has 1 spiro atoms. The van der Waals surface area contributed by atoms with Crippen LogP contribution in [0.2, 0.25) is 0 Å². The molecule has 0 aromatic carbocycles. The molecule has 0 bridgehead atoms. The molecular formula is C14H22N4O2. The van der Waals surface area contributed by atoms with Crippen LogP contribution in [0.3, 0.4) is 0 Å². The molecule has 3 heterocycles. The van der Waals surface area contributed by atoms with Crippen molar-refractivity contribution in [3.05, 3.63) is 11.7 Å². The van der Waals surface area contributed by atoms with Crippen molar-refractivity contribution < 1.29 is 9.32 Å². The molecule has 2 saturated heterocycles. The van der Waals surface area contributed by atoms with E-state index in [-0.39, 0.29) is 11.9 Å². The summed E-state index contributed by atoms with van der Waals surface area (Å²) in [6.07, 6.45) is 3.21. The average molecular weight is 278 g/mol. The van der Waals surface area contributed by atoms with E-state index < -0.39 is 0 Å². The maximum atomic E-state index is 11.4. The summed E-state index contributed by atoms with van der Waals surface area (Å²) in [5, 5.41) is 4.08. The lowest BCUT2D eigenvalue weighted by Gasteiger charge is -2.38. The maximum Gasteiger partial charge on any atom is 0.223 e. The number of piperidine rings is 1. The molecule has 2 aliphatic heterocycles. The average Bonchev–Trinajstić information content (AvgIpc) is 2.95. The molecule has 0 radical (unpaired) electrons. The van der Waals surface area contributed by atoms with Gasteiger partial charge in [0.05, 0.1) is 6.04 Å². The summed E-state index contributed by atoms with van der Waals surface area (Å²) >= 11 is 0. The Hall–Kier alpha value is -1.43. The highest BCUT2D eigenvalue weighted by atomic mass is 16.5. The minimum atomic E-state index is 0.191. The van der Waals surface area contributed by atoms with Gasteiger partial charge in [0.1, 0.15) is 0 Å². The number of carbonyl (C=O) groups excluding carboxylic acids is 1. The van der Waals surface area contributed by atoms with Crippen LogP contribution >= 0.6 is 0 Å². The first-order valence-corrected chi connectivity index (χ1v) is 7.25. The van der Waals surface area contributed by atoms with Gasteiger partial charge in [0, 0.05) is 33.5 Å². The zero-order chi connectivity index (χ0) is 14.3. The van der Waals surface area contributed by atoms with Crippen LogP contribution in [-0.4, -0.2) is 52.5 Å². The number of aryl methyl sites for hydroxylation is 1. The Labute approximate surface area is 119 Å². The molecule has 1 atom stereocenters. The quantitative estimate of drug-likeness (QED) is 0.776. The Kier molecular flexibility index (Phi) is 3.28. The van der Waals surface area contributed by atoms with Crippen LogP contribution in [0.15, 0.2) is 4.52 Å². The monoisotopic (exact) mass is 278 g/mol. The molecule has 20 heavy (non-hydrogen) atoms. The lowest BCUT2D eigenvalue weighted by Crippen LogP contribution is -2.43. The first kappa shape index (κ1) is 13.5. The number of carbonyl (C=O) groups is 1. The molecule has 6 heteroatoms. The van der Waals surface area contributed by atoms with E-state index in [0.717, 1.165) is 44.7 Å². The van der Waals surface area contributed by atoms with Crippen molar-refractivity contribution in [2.45, 2.75) is 39.2 Å². The maximum absolute atomic E-state index is 11.4. The minimum absolute atomic E-state index is 0.191. The van der Waals surface area contributed by atoms with Crippen molar-refractivity contribution in [2.75, 3.05) is 26.7 Å². The van der Waals surface area contributed by atoms with E-state index in [9.17, 15) is 4.79 Å². The van der Waals surface area contributed by atoms with E-state index in [4.69, 9.17) is 4.52 Å². The Morgan fingerprint density at radius 3 is 2.65 bits per heavy atom. The lowest BCUT2D eigenvalue weighted by molar-refractivity contribution is -0.131. The second-order valence-electron chi connectivity index (χ2n) is 6.31. The number of likely N-dealkylation sites (tertiary alicyclic amines) is 2. The van der Waals surface area contributed by atoms with Gasteiger partial charge in [-0.1, -0.05) is 5.16 Å². The predicted octanol–water partition coefficient (Wildman–Crippen LogP) is 1.38. The zero-order valence-electron chi connectivity index (χ0n) is 12.4. The lowest BCUT2D eigenvalue weighted by atomic mass is 9.76. The van der Waals surface area contributed by atoms with E-state index in [1.807, 2.05) is 11.8 Å². The smallest absolute Gasteiger partial charge is 0.223 e. The van der Waals surface area contributed by atoms with Gasteiger partial charge in [-0.3, -0.25) is 9.69 Å². The van der Waals surface area contributed by atoms with Gasteiger partial charge >= 0.3 is 0 Å². The highest BCUT2D eigenvalue weighted by Crippen LogP contribution is 2.47. The molecule has 0 aliphatic carbocycles. The zero-order valence-corrected chi connectivity index (χ0v) is 12.4. The van der Waals surface area contributed by atoms with E-state index >= 15 is 0 Å². The van der Waals surface area contributed by atoms with Crippen molar-refractivity contribution in [3.8, 4) is 0 Å². The number of amides is 1. The fraction of sp³-hybridized carbons (Fsp3) is 0.786. The van der Waals surface area contributed by atoms with Crippen LogP contribution in [-0.2, 0) is 4.79 Å². The minimum Gasteiger partial charge on any atom is -0.343 e. The molecule has 6 nitrogen and oxygen atoms in total. The van der Waals surface area contributed by atoms with Gasteiger partial charge in [0.2, 0.25) is 11.8 Å². The molecule has 0 N–H and O–H groups in total. The highest BCUT2D eigenvalue weighted by Gasteiger charge is 2.46. The molecule has 3 rings (SSSR count). The number of rotatable bonds is 1. The van der Waals surface area contributed by atoms with Gasteiger partial charge < -0.3 is 9.42 Å². The third kappa shape index (κ3) is 2.32. The van der Waals surface area contributed by atoms with Crippen LogP contribution in [0.5, 0.6) is 0 Å². The van der Waals surface area contributed by atoms with Crippen LogP contribution < -0.4 is 0 Å². The number of hydrogen-bond acceptors (Lipinski definition) is 5. The van der Waals surface area contributed by atoms with Crippen molar-refractivity contribution in [1.82, 2.24) is 19.9 Å². The second kappa shape index (κ2) is 4.84. The number of nitrogens with zero attached hydrogens (tertiary/aromatic N) is 4. The summed E-state index contributed by atoms with van der Waals surface area (Å²) in [7, 11) is 2.13. The summed E-state index contributed by atoms with van der Waals surface area (Å²) in [5.74, 6) is 1.62. The topological polar surface area (TPSA) is 62.5 Å². The standard InChI is InChI=1S/C14H22N4O2/c1-10-15-13(16-20-10)12-8-14(9-17(12)3)4-6-18(7-5-14)11(2)19/h12H,4-9H2,1-3H3.